The standard InChI is InChI=1S/C24H24FN7O/c1-13(2)32-15(4)22(14(3)30-32)19-11-28-24(31-12-16(9-26)29-23(19)31)27-10-18-17-7-8-33-21(17)6-5-20(18)25/h5-6,11-13H,7-8,10H2,1-4H3,(H,27,28). The minimum absolute atomic E-state index is 0.211. The lowest BCUT2D eigenvalue weighted by Crippen LogP contribution is -2.10. The van der Waals surface area contributed by atoms with Gasteiger partial charge in [0.25, 0.3) is 0 Å². The van der Waals surface area contributed by atoms with Crippen LogP contribution in [0, 0.1) is 31.0 Å². The molecule has 0 bridgehead atoms. The van der Waals surface area contributed by atoms with Gasteiger partial charge in [-0.1, -0.05) is 0 Å². The third-order valence-electron chi connectivity index (χ3n) is 6.05. The lowest BCUT2D eigenvalue weighted by molar-refractivity contribution is 0.356. The quantitative estimate of drug-likeness (QED) is 0.491. The number of nitriles is 1. The zero-order valence-electron chi connectivity index (χ0n) is 19.0. The van der Waals surface area contributed by atoms with E-state index in [1.165, 1.54) is 6.07 Å². The van der Waals surface area contributed by atoms with E-state index in [0.717, 1.165) is 33.8 Å². The van der Waals surface area contributed by atoms with Gasteiger partial charge in [-0.3, -0.25) is 9.08 Å². The highest BCUT2D eigenvalue weighted by molar-refractivity contribution is 5.81. The Labute approximate surface area is 190 Å². The van der Waals surface area contributed by atoms with E-state index in [-0.39, 0.29) is 24.1 Å². The molecular formula is C24H24FN7O. The maximum absolute atomic E-state index is 14.6. The first-order chi connectivity index (χ1) is 15.9. The van der Waals surface area contributed by atoms with E-state index in [2.05, 4.69) is 40.3 Å². The fourth-order valence-corrected chi connectivity index (χ4v) is 4.57. The SMILES string of the molecule is Cc1nn(C(C)C)c(C)c1-c1cnc(NCc2c(F)ccc3c2CCO3)n2cc(C#N)nc12. The zero-order valence-corrected chi connectivity index (χ0v) is 19.0. The third-order valence-corrected chi connectivity index (χ3v) is 6.05. The molecule has 0 amide bonds. The van der Waals surface area contributed by atoms with Gasteiger partial charge >= 0.3 is 0 Å². The third kappa shape index (κ3) is 3.39. The molecule has 3 aromatic heterocycles. The maximum atomic E-state index is 14.6. The second-order valence-electron chi connectivity index (χ2n) is 8.47. The van der Waals surface area contributed by atoms with Gasteiger partial charge in [0, 0.05) is 53.2 Å². The molecule has 0 unspecified atom stereocenters. The van der Waals surface area contributed by atoms with Crippen molar-refractivity contribution in [2.75, 3.05) is 11.9 Å². The first-order valence-corrected chi connectivity index (χ1v) is 10.9. The smallest absolute Gasteiger partial charge is 0.208 e. The Morgan fingerprint density at radius 2 is 2.12 bits per heavy atom. The van der Waals surface area contributed by atoms with Gasteiger partial charge < -0.3 is 10.1 Å². The number of anilines is 1. The molecule has 0 saturated heterocycles. The van der Waals surface area contributed by atoms with Gasteiger partial charge in [-0.15, -0.1) is 0 Å². The number of fused-ring (bicyclic) bond motifs is 2. The Kier molecular flexibility index (Phi) is 5.01. The zero-order chi connectivity index (χ0) is 23.3. The highest BCUT2D eigenvalue weighted by Gasteiger charge is 2.22. The molecule has 1 aliphatic heterocycles. The average Bonchev–Trinajstić information content (AvgIpc) is 3.50. The fraction of sp³-hybridized carbons (Fsp3) is 0.333. The Bertz CT molecular complexity index is 1430. The number of nitrogens with zero attached hydrogens (tertiary/aromatic N) is 6. The van der Waals surface area contributed by atoms with E-state index in [1.54, 1.807) is 22.9 Å². The van der Waals surface area contributed by atoms with Crippen LogP contribution < -0.4 is 10.1 Å². The van der Waals surface area contributed by atoms with E-state index in [9.17, 15) is 9.65 Å². The predicted molar refractivity (Wildman–Crippen MR) is 122 cm³/mol. The number of hydrogen-bond acceptors (Lipinski definition) is 6. The van der Waals surface area contributed by atoms with Gasteiger partial charge in [0.2, 0.25) is 5.95 Å². The monoisotopic (exact) mass is 445 g/mol. The summed E-state index contributed by atoms with van der Waals surface area (Å²) in [6.45, 7) is 8.93. The van der Waals surface area contributed by atoms with Crippen LogP contribution >= 0.6 is 0 Å². The second-order valence-corrected chi connectivity index (χ2v) is 8.47. The molecule has 33 heavy (non-hydrogen) atoms. The van der Waals surface area contributed by atoms with Gasteiger partial charge in [0.15, 0.2) is 11.3 Å². The van der Waals surface area contributed by atoms with Crippen molar-refractivity contribution < 1.29 is 9.13 Å². The van der Waals surface area contributed by atoms with Crippen molar-refractivity contribution >= 4 is 11.6 Å². The van der Waals surface area contributed by atoms with Crippen LogP contribution in [-0.4, -0.2) is 30.8 Å². The number of aromatic nitrogens is 5. The maximum Gasteiger partial charge on any atom is 0.208 e. The number of ether oxygens (including phenoxy) is 1. The van der Waals surface area contributed by atoms with E-state index in [0.29, 0.717) is 30.2 Å². The van der Waals surface area contributed by atoms with Crippen LogP contribution in [0.4, 0.5) is 10.3 Å². The fourth-order valence-electron chi connectivity index (χ4n) is 4.57. The normalized spacial score (nSPS) is 12.8. The average molecular weight is 446 g/mol. The number of benzene rings is 1. The number of hydrogen-bond donors (Lipinski definition) is 1. The molecule has 0 saturated carbocycles. The summed E-state index contributed by atoms with van der Waals surface area (Å²) in [7, 11) is 0. The molecule has 0 fully saturated rings. The molecule has 1 aromatic carbocycles. The minimum Gasteiger partial charge on any atom is -0.493 e. The van der Waals surface area contributed by atoms with Gasteiger partial charge in [-0.2, -0.15) is 10.4 Å². The van der Waals surface area contributed by atoms with Crippen molar-refractivity contribution in [1.82, 2.24) is 24.1 Å². The molecule has 4 aromatic rings. The van der Waals surface area contributed by atoms with Crippen LogP contribution in [0.15, 0.2) is 24.5 Å². The van der Waals surface area contributed by atoms with Crippen molar-refractivity contribution in [3.05, 3.63) is 58.6 Å². The van der Waals surface area contributed by atoms with Gasteiger partial charge in [-0.05, 0) is 39.8 Å². The molecule has 1 aliphatic rings. The number of aryl methyl sites for hydroxylation is 1. The molecule has 0 radical (unpaired) electrons. The van der Waals surface area contributed by atoms with E-state index < -0.39 is 0 Å². The van der Waals surface area contributed by atoms with Gasteiger partial charge in [-0.25, -0.2) is 14.4 Å². The number of rotatable bonds is 5. The molecule has 168 valence electrons. The Hall–Kier alpha value is -3.93. The second kappa shape index (κ2) is 7.89. The van der Waals surface area contributed by atoms with Crippen molar-refractivity contribution in [2.24, 2.45) is 0 Å². The van der Waals surface area contributed by atoms with E-state index in [4.69, 9.17) is 4.74 Å². The van der Waals surface area contributed by atoms with Crippen molar-refractivity contribution in [1.29, 1.82) is 5.26 Å². The number of halogens is 1. The molecule has 4 heterocycles. The highest BCUT2D eigenvalue weighted by atomic mass is 19.1. The summed E-state index contributed by atoms with van der Waals surface area (Å²) in [5.41, 5.74) is 5.95. The van der Waals surface area contributed by atoms with Crippen molar-refractivity contribution in [3.8, 4) is 22.9 Å². The molecule has 1 N–H and O–H groups in total. The molecule has 9 heteroatoms. The summed E-state index contributed by atoms with van der Waals surface area (Å²) < 4.78 is 23.9. The first-order valence-electron chi connectivity index (χ1n) is 10.9. The molecule has 0 aliphatic carbocycles. The topological polar surface area (TPSA) is 93.1 Å². The summed E-state index contributed by atoms with van der Waals surface area (Å²) in [5, 5.41) is 17.4. The summed E-state index contributed by atoms with van der Waals surface area (Å²) in [4.78, 5) is 9.14. The van der Waals surface area contributed by atoms with Crippen LogP contribution in [0.3, 0.4) is 0 Å². The lowest BCUT2D eigenvalue weighted by Gasteiger charge is -2.13. The molecule has 8 nitrogen and oxygen atoms in total. The lowest BCUT2D eigenvalue weighted by atomic mass is 10.0. The summed E-state index contributed by atoms with van der Waals surface area (Å²) >= 11 is 0. The molecular weight excluding hydrogens is 421 g/mol. The van der Waals surface area contributed by atoms with Crippen LogP contribution in [0.1, 0.15) is 48.1 Å². The molecule has 0 atom stereocenters. The van der Waals surface area contributed by atoms with E-state index in [1.807, 2.05) is 18.5 Å². The van der Waals surface area contributed by atoms with Gasteiger partial charge in [0.1, 0.15) is 17.6 Å². The van der Waals surface area contributed by atoms with Crippen LogP contribution in [0.5, 0.6) is 5.75 Å². The highest BCUT2D eigenvalue weighted by Crippen LogP contribution is 2.33. The summed E-state index contributed by atoms with van der Waals surface area (Å²) in [6.07, 6.45) is 4.05. The number of imidazole rings is 1. The first kappa shape index (κ1) is 20.9. The summed E-state index contributed by atoms with van der Waals surface area (Å²) in [5.74, 6) is 0.921. The van der Waals surface area contributed by atoms with Crippen molar-refractivity contribution in [3.63, 3.8) is 0 Å². The number of nitrogens with one attached hydrogen (secondary N) is 1. The predicted octanol–water partition coefficient (Wildman–Crippen LogP) is 4.35. The largest absolute Gasteiger partial charge is 0.493 e. The van der Waals surface area contributed by atoms with Gasteiger partial charge in [0.05, 0.1) is 18.5 Å². The van der Waals surface area contributed by atoms with Crippen LogP contribution in [0.2, 0.25) is 0 Å². The Balaban J connectivity index is 1.58. The molecule has 0 spiro atoms. The van der Waals surface area contributed by atoms with Crippen molar-refractivity contribution in [2.45, 2.75) is 46.7 Å². The van der Waals surface area contributed by atoms with E-state index >= 15 is 0 Å². The Morgan fingerprint density at radius 1 is 1.30 bits per heavy atom. The van der Waals surface area contributed by atoms with Crippen LogP contribution in [0.25, 0.3) is 16.8 Å². The molecule has 5 rings (SSSR count). The van der Waals surface area contributed by atoms with Crippen LogP contribution in [-0.2, 0) is 13.0 Å². The Morgan fingerprint density at radius 3 is 2.85 bits per heavy atom. The minimum atomic E-state index is -0.282. The summed E-state index contributed by atoms with van der Waals surface area (Å²) in [6, 6.07) is 5.42.